The second-order valence-electron chi connectivity index (χ2n) is 4.00. The number of aliphatic carboxylic acids is 1. The third-order valence-corrected chi connectivity index (χ3v) is 2.48. The monoisotopic (exact) mass is 249 g/mol. The van der Waals surface area contributed by atoms with Gasteiger partial charge in [0.15, 0.2) is 0 Å². The Kier molecular flexibility index (Phi) is 3.36. The summed E-state index contributed by atoms with van der Waals surface area (Å²) in [6, 6.07) is 4.69. The molecule has 0 saturated heterocycles. The summed E-state index contributed by atoms with van der Waals surface area (Å²) in [5.74, 6) is -1.29. The Bertz CT molecular complexity index is 580. The van der Waals surface area contributed by atoms with Gasteiger partial charge in [-0.2, -0.15) is 0 Å². The lowest BCUT2D eigenvalue weighted by atomic mass is 10.2. The zero-order chi connectivity index (χ0) is 13.1. The SMILES string of the molecule is Cc1ccc(F)c(-n2cc(CCC(=O)O)nn2)c1. The van der Waals surface area contributed by atoms with Gasteiger partial charge in [0.2, 0.25) is 0 Å². The van der Waals surface area contributed by atoms with Crippen molar-refractivity contribution in [3.05, 3.63) is 41.5 Å². The van der Waals surface area contributed by atoms with Crippen LogP contribution in [0.1, 0.15) is 17.7 Å². The fourth-order valence-corrected chi connectivity index (χ4v) is 1.56. The molecule has 0 radical (unpaired) electrons. The van der Waals surface area contributed by atoms with Crippen LogP contribution in [-0.4, -0.2) is 26.1 Å². The lowest BCUT2D eigenvalue weighted by Crippen LogP contribution is -1.99. The highest BCUT2D eigenvalue weighted by Gasteiger charge is 2.09. The number of halogens is 1. The van der Waals surface area contributed by atoms with Gasteiger partial charge in [-0.1, -0.05) is 11.3 Å². The molecule has 1 heterocycles. The van der Waals surface area contributed by atoms with Gasteiger partial charge in [0.25, 0.3) is 0 Å². The number of carboxylic acid groups (broad SMARTS) is 1. The molecule has 2 aromatic rings. The van der Waals surface area contributed by atoms with Gasteiger partial charge >= 0.3 is 5.97 Å². The molecule has 2 rings (SSSR count). The van der Waals surface area contributed by atoms with E-state index in [-0.39, 0.29) is 12.8 Å². The first-order valence-corrected chi connectivity index (χ1v) is 5.46. The highest BCUT2D eigenvalue weighted by Crippen LogP contribution is 2.14. The summed E-state index contributed by atoms with van der Waals surface area (Å²) in [6.45, 7) is 1.85. The topological polar surface area (TPSA) is 68.0 Å². The molecule has 1 aromatic carbocycles. The molecule has 0 bridgehead atoms. The van der Waals surface area contributed by atoms with Crippen molar-refractivity contribution in [3.63, 3.8) is 0 Å². The van der Waals surface area contributed by atoms with Crippen LogP contribution in [0.5, 0.6) is 0 Å². The van der Waals surface area contributed by atoms with Crippen LogP contribution in [0.4, 0.5) is 4.39 Å². The number of aryl methyl sites for hydroxylation is 2. The molecule has 94 valence electrons. The van der Waals surface area contributed by atoms with E-state index in [4.69, 9.17) is 5.11 Å². The molecule has 1 aromatic heterocycles. The van der Waals surface area contributed by atoms with Crippen LogP contribution in [0.25, 0.3) is 5.69 Å². The maximum absolute atomic E-state index is 13.6. The molecule has 18 heavy (non-hydrogen) atoms. The zero-order valence-electron chi connectivity index (χ0n) is 9.80. The van der Waals surface area contributed by atoms with Gasteiger partial charge < -0.3 is 5.11 Å². The van der Waals surface area contributed by atoms with E-state index in [2.05, 4.69) is 10.3 Å². The predicted molar refractivity (Wildman–Crippen MR) is 62.0 cm³/mol. The Hall–Kier alpha value is -2.24. The van der Waals surface area contributed by atoms with Crippen LogP contribution in [-0.2, 0) is 11.2 Å². The molecule has 1 N–H and O–H groups in total. The van der Waals surface area contributed by atoms with E-state index < -0.39 is 11.8 Å². The first-order chi connectivity index (χ1) is 8.56. The summed E-state index contributed by atoms with van der Waals surface area (Å²) < 4.78 is 14.9. The molecule has 0 spiro atoms. The Labute approximate surface area is 103 Å². The van der Waals surface area contributed by atoms with Gasteiger partial charge in [-0.3, -0.25) is 4.79 Å². The van der Waals surface area contributed by atoms with Gasteiger partial charge in [0, 0.05) is 6.42 Å². The molecular weight excluding hydrogens is 237 g/mol. The molecule has 6 heteroatoms. The van der Waals surface area contributed by atoms with Crippen LogP contribution in [0.2, 0.25) is 0 Å². The van der Waals surface area contributed by atoms with Crippen molar-refractivity contribution in [2.75, 3.05) is 0 Å². The Morgan fingerprint density at radius 2 is 2.28 bits per heavy atom. The van der Waals surface area contributed by atoms with Gasteiger partial charge in [0.1, 0.15) is 11.5 Å². The minimum Gasteiger partial charge on any atom is -0.481 e. The lowest BCUT2D eigenvalue weighted by molar-refractivity contribution is -0.136. The normalized spacial score (nSPS) is 10.6. The second-order valence-corrected chi connectivity index (χ2v) is 4.00. The number of hydrogen-bond acceptors (Lipinski definition) is 3. The Morgan fingerprint density at radius 1 is 1.50 bits per heavy atom. The van der Waals surface area contributed by atoms with Crippen LogP contribution in [0.3, 0.4) is 0 Å². The van der Waals surface area contributed by atoms with Crippen LogP contribution in [0.15, 0.2) is 24.4 Å². The largest absolute Gasteiger partial charge is 0.481 e. The van der Waals surface area contributed by atoms with E-state index >= 15 is 0 Å². The van der Waals surface area contributed by atoms with Gasteiger partial charge in [-0.15, -0.1) is 5.10 Å². The Morgan fingerprint density at radius 3 is 3.00 bits per heavy atom. The van der Waals surface area contributed by atoms with Gasteiger partial charge in [-0.05, 0) is 24.6 Å². The maximum Gasteiger partial charge on any atom is 0.303 e. The number of carbonyl (C=O) groups is 1. The number of nitrogens with zero attached hydrogens (tertiary/aromatic N) is 3. The molecule has 0 aliphatic carbocycles. The summed E-state index contributed by atoms with van der Waals surface area (Å²) in [6.07, 6.45) is 1.80. The fourth-order valence-electron chi connectivity index (χ4n) is 1.56. The number of aromatic nitrogens is 3. The van der Waals surface area contributed by atoms with Gasteiger partial charge in [0.05, 0.1) is 18.3 Å². The summed E-state index contributed by atoms with van der Waals surface area (Å²) in [5, 5.41) is 16.2. The minimum absolute atomic E-state index is 0.0189. The number of benzene rings is 1. The minimum atomic E-state index is -0.897. The third kappa shape index (κ3) is 2.71. The van der Waals surface area contributed by atoms with Crippen molar-refractivity contribution in [1.29, 1.82) is 0 Å². The van der Waals surface area contributed by atoms with Crippen molar-refractivity contribution in [2.45, 2.75) is 19.8 Å². The number of carboxylic acids is 1. The Balaban J connectivity index is 2.23. The van der Waals surface area contributed by atoms with E-state index in [9.17, 15) is 9.18 Å². The number of rotatable bonds is 4. The second kappa shape index (κ2) is 4.95. The molecule has 0 unspecified atom stereocenters. The quantitative estimate of drug-likeness (QED) is 0.896. The maximum atomic E-state index is 13.6. The van der Waals surface area contributed by atoms with E-state index in [1.54, 1.807) is 18.3 Å². The fraction of sp³-hybridized carbons (Fsp3) is 0.250. The van der Waals surface area contributed by atoms with Crippen molar-refractivity contribution in [3.8, 4) is 5.69 Å². The summed E-state index contributed by atoms with van der Waals surface area (Å²) in [5.41, 5.74) is 1.75. The van der Waals surface area contributed by atoms with Crippen LogP contribution < -0.4 is 0 Å². The smallest absolute Gasteiger partial charge is 0.303 e. The highest BCUT2D eigenvalue weighted by molar-refractivity contribution is 5.66. The first-order valence-electron chi connectivity index (χ1n) is 5.46. The van der Waals surface area contributed by atoms with Crippen molar-refractivity contribution in [2.24, 2.45) is 0 Å². The highest BCUT2D eigenvalue weighted by atomic mass is 19.1. The molecule has 5 nitrogen and oxygen atoms in total. The van der Waals surface area contributed by atoms with Crippen LogP contribution in [0, 0.1) is 12.7 Å². The van der Waals surface area contributed by atoms with Crippen molar-refractivity contribution in [1.82, 2.24) is 15.0 Å². The van der Waals surface area contributed by atoms with Crippen molar-refractivity contribution < 1.29 is 14.3 Å². The van der Waals surface area contributed by atoms with E-state index in [1.807, 2.05) is 6.92 Å². The van der Waals surface area contributed by atoms with Gasteiger partial charge in [-0.25, -0.2) is 9.07 Å². The van der Waals surface area contributed by atoms with E-state index in [0.29, 0.717) is 11.4 Å². The van der Waals surface area contributed by atoms with Crippen LogP contribution >= 0.6 is 0 Å². The first kappa shape index (κ1) is 12.2. The molecule has 0 saturated carbocycles. The average Bonchev–Trinajstić information content (AvgIpc) is 2.78. The lowest BCUT2D eigenvalue weighted by Gasteiger charge is -2.02. The predicted octanol–water partition coefficient (Wildman–Crippen LogP) is 1.73. The van der Waals surface area contributed by atoms with E-state index in [0.717, 1.165) is 5.56 Å². The van der Waals surface area contributed by atoms with E-state index in [1.165, 1.54) is 10.7 Å². The molecule has 0 amide bonds. The molecule has 0 aliphatic heterocycles. The molecule has 0 aliphatic rings. The zero-order valence-corrected chi connectivity index (χ0v) is 9.80. The summed E-state index contributed by atoms with van der Waals surface area (Å²) in [7, 11) is 0. The molecule has 0 atom stereocenters. The third-order valence-electron chi connectivity index (χ3n) is 2.48. The number of hydrogen-bond donors (Lipinski definition) is 1. The standard InChI is InChI=1S/C12H12FN3O2/c1-8-2-4-10(13)11(6-8)16-7-9(14-15-16)3-5-12(17)18/h2,4,6-7H,3,5H2,1H3,(H,17,18). The molecular formula is C12H12FN3O2. The molecule has 0 fully saturated rings. The van der Waals surface area contributed by atoms with Crippen molar-refractivity contribution >= 4 is 5.97 Å². The summed E-state index contributed by atoms with van der Waals surface area (Å²) >= 11 is 0. The summed E-state index contributed by atoms with van der Waals surface area (Å²) in [4.78, 5) is 10.4. The average molecular weight is 249 g/mol.